The first kappa shape index (κ1) is 19.0. The molecule has 2 heterocycles. The summed E-state index contributed by atoms with van der Waals surface area (Å²) in [6.07, 6.45) is 2.90. The zero-order chi connectivity index (χ0) is 19.2. The fourth-order valence-electron chi connectivity index (χ4n) is 2.93. The fraction of sp³-hybridized carbons (Fsp3) is 0.368. The molecule has 1 aromatic heterocycles. The summed E-state index contributed by atoms with van der Waals surface area (Å²) in [7, 11) is 0. The molecule has 1 aliphatic heterocycles. The Kier molecular flexibility index (Phi) is 6.18. The van der Waals surface area contributed by atoms with Crippen LogP contribution in [0.4, 0.5) is 8.78 Å². The molecule has 3 rings (SSSR count). The Balaban J connectivity index is 1.53. The standard InChI is InChI=1S/C19H21F2N3O3/c1-14-12-16(27-22-14)13-23-8-10-24(11-9-23)18(25)7-6-15-4-2-3-5-17(15)26-19(20)21/h2-7,12,19H,8-11,13H2,1H3/b7-6+. The van der Waals surface area contributed by atoms with E-state index < -0.39 is 6.61 Å². The normalized spacial score (nSPS) is 15.6. The number of aryl methyl sites for hydroxylation is 1. The summed E-state index contributed by atoms with van der Waals surface area (Å²) < 4.78 is 34.6. The van der Waals surface area contributed by atoms with Crippen molar-refractivity contribution >= 4 is 12.0 Å². The van der Waals surface area contributed by atoms with E-state index >= 15 is 0 Å². The number of ether oxygens (including phenoxy) is 1. The van der Waals surface area contributed by atoms with Crippen LogP contribution in [0.25, 0.3) is 6.08 Å². The first-order chi connectivity index (χ1) is 13.0. The maximum absolute atomic E-state index is 12.4. The van der Waals surface area contributed by atoms with E-state index in [9.17, 15) is 13.6 Å². The summed E-state index contributed by atoms with van der Waals surface area (Å²) in [4.78, 5) is 16.3. The van der Waals surface area contributed by atoms with Gasteiger partial charge in [-0.05, 0) is 19.1 Å². The molecule has 0 aliphatic carbocycles. The SMILES string of the molecule is Cc1cc(CN2CCN(C(=O)/C=C/c3ccccc3OC(F)F)CC2)on1. The van der Waals surface area contributed by atoms with Crippen LogP contribution in [0.5, 0.6) is 5.75 Å². The lowest BCUT2D eigenvalue weighted by atomic mass is 10.2. The van der Waals surface area contributed by atoms with Gasteiger partial charge in [0.15, 0.2) is 5.76 Å². The Bertz CT molecular complexity index is 799. The summed E-state index contributed by atoms with van der Waals surface area (Å²) in [5.74, 6) is 0.698. The van der Waals surface area contributed by atoms with E-state index in [2.05, 4.69) is 14.8 Å². The van der Waals surface area contributed by atoms with Crippen LogP contribution in [0.1, 0.15) is 17.0 Å². The van der Waals surface area contributed by atoms with E-state index in [0.29, 0.717) is 25.2 Å². The van der Waals surface area contributed by atoms with Gasteiger partial charge in [-0.25, -0.2) is 0 Å². The lowest BCUT2D eigenvalue weighted by molar-refractivity contribution is -0.127. The van der Waals surface area contributed by atoms with Crippen LogP contribution in [0.3, 0.4) is 0 Å². The third kappa shape index (κ3) is 5.37. The molecule has 0 unspecified atom stereocenters. The zero-order valence-electron chi connectivity index (χ0n) is 15.0. The Morgan fingerprint density at radius 1 is 1.30 bits per heavy atom. The van der Waals surface area contributed by atoms with Gasteiger partial charge in [0.25, 0.3) is 0 Å². The van der Waals surface area contributed by atoms with Crippen LogP contribution >= 0.6 is 0 Å². The van der Waals surface area contributed by atoms with Gasteiger partial charge in [0.1, 0.15) is 5.75 Å². The van der Waals surface area contributed by atoms with Gasteiger partial charge in [0.05, 0.1) is 12.2 Å². The van der Waals surface area contributed by atoms with Crippen LogP contribution < -0.4 is 4.74 Å². The van der Waals surface area contributed by atoms with Gasteiger partial charge in [-0.1, -0.05) is 23.4 Å². The Morgan fingerprint density at radius 2 is 2.04 bits per heavy atom. The van der Waals surface area contributed by atoms with Gasteiger partial charge in [0, 0.05) is 43.9 Å². The molecule has 0 radical (unpaired) electrons. The number of nitrogens with zero attached hydrogens (tertiary/aromatic N) is 3. The number of aromatic nitrogens is 1. The average Bonchev–Trinajstić information content (AvgIpc) is 3.05. The summed E-state index contributed by atoms with van der Waals surface area (Å²) >= 11 is 0. The number of rotatable bonds is 6. The number of alkyl halides is 2. The molecule has 144 valence electrons. The van der Waals surface area contributed by atoms with Gasteiger partial charge >= 0.3 is 6.61 Å². The summed E-state index contributed by atoms with van der Waals surface area (Å²) in [5, 5.41) is 3.87. The minimum atomic E-state index is -2.91. The minimum absolute atomic E-state index is 0.0451. The Labute approximate surface area is 156 Å². The first-order valence-electron chi connectivity index (χ1n) is 8.66. The van der Waals surface area contributed by atoms with Crippen LogP contribution in [-0.2, 0) is 11.3 Å². The monoisotopic (exact) mass is 377 g/mol. The molecule has 8 heteroatoms. The third-order valence-corrected chi connectivity index (χ3v) is 4.28. The molecule has 1 aromatic carbocycles. The molecule has 0 spiro atoms. The van der Waals surface area contributed by atoms with Crippen LogP contribution in [0.15, 0.2) is 40.9 Å². The number of benzene rings is 1. The number of hydrogen-bond donors (Lipinski definition) is 0. The van der Waals surface area contributed by atoms with Crippen LogP contribution in [0.2, 0.25) is 0 Å². The number of carbonyl (C=O) groups excluding carboxylic acids is 1. The highest BCUT2D eigenvalue weighted by atomic mass is 19.3. The maximum atomic E-state index is 12.4. The fourth-order valence-corrected chi connectivity index (χ4v) is 2.93. The number of halogens is 2. The van der Waals surface area contributed by atoms with Crippen molar-refractivity contribution in [1.82, 2.24) is 15.0 Å². The molecule has 6 nitrogen and oxygen atoms in total. The van der Waals surface area contributed by atoms with Crippen molar-refractivity contribution in [3.63, 3.8) is 0 Å². The first-order valence-corrected chi connectivity index (χ1v) is 8.66. The summed E-state index contributed by atoms with van der Waals surface area (Å²) in [6, 6.07) is 8.27. The number of hydrogen-bond acceptors (Lipinski definition) is 5. The van der Waals surface area contributed by atoms with E-state index in [1.165, 1.54) is 18.2 Å². The van der Waals surface area contributed by atoms with Crippen LogP contribution in [0, 0.1) is 6.92 Å². The van der Waals surface area contributed by atoms with Crippen molar-refractivity contribution in [2.75, 3.05) is 26.2 Å². The van der Waals surface area contributed by atoms with E-state index in [1.54, 1.807) is 23.1 Å². The zero-order valence-corrected chi connectivity index (χ0v) is 15.0. The molecular weight excluding hydrogens is 356 g/mol. The maximum Gasteiger partial charge on any atom is 0.387 e. The average molecular weight is 377 g/mol. The van der Waals surface area contributed by atoms with Crippen molar-refractivity contribution < 1.29 is 22.8 Å². The van der Waals surface area contributed by atoms with Crippen molar-refractivity contribution in [3.8, 4) is 5.75 Å². The van der Waals surface area contributed by atoms with E-state index in [-0.39, 0.29) is 11.7 Å². The smallest absolute Gasteiger partial charge is 0.387 e. The van der Waals surface area contributed by atoms with Gasteiger partial charge < -0.3 is 14.2 Å². The lowest BCUT2D eigenvalue weighted by Gasteiger charge is -2.33. The highest BCUT2D eigenvalue weighted by molar-refractivity contribution is 5.92. The van der Waals surface area contributed by atoms with Gasteiger partial charge in [-0.3, -0.25) is 9.69 Å². The molecular formula is C19H21F2N3O3. The highest BCUT2D eigenvalue weighted by Gasteiger charge is 2.20. The van der Waals surface area contributed by atoms with Gasteiger partial charge in [-0.15, -0.1) is 0 Å². The van der Waals surface area contributed by atoms with Crippen molar-refractivity contribution in [1.29, 1.82) is 0 Å². The minimum Gasteiger partial charge on any atom is -0.434 e. The van der Waals surface area contributed by atoms with E-state index in [0.717, 1.165) is 24.5 Å². The Morgan fingerprint density at radius 3 is 2.70 bits per heavy atom. The summed E-state index contributed by atoms with van der Waals surface area (Å²) in [6.45, 7) is 2.26. The molecule has 0 bridgehead atoms. The molecule has 0 saturated carbocycles. The molecule has 0 N–H and O–H groups in total. The predicted molar refractivity (Wildman–Crippen MR) is 95.2 cm³/mol. The largest absolute Gasteiger partial charge is 0.434 e. The second kappa shape index (κ2) is 8.77. The molecule has 1 saturated heterocycles. The van der Waals surface area contributed by atoms with Crippen molar-refractivity contribution in [3.05, 3.63) is 53.4 Å². The predicted octanol–water partition coefficient (Wildman–Crippen LogP) is 2.94. The quantitative estimate of drug-likeness (QED) is 0.725. The van der Waals surface area contributed by atoms with Crippen molar-refractivity contribution in [2.24, 2.45) is 0 Å². The van der Waals surface area contributed by atoms with E-state index in [4.69, 9.17) is 4.52 Å². The van der Waals surface area contributed by atoms with Crippen LogP contribution in [-0.4, -0.2) is 53.7 Å². The van der Waals surface area contributed by atoms with E-state index in [1.807, 2.05) is 13.0 Å². The molecule has 1 fully saturated rings. The number of para-hydroxylation sites is 1. The Hall–Kier alpha value is -2.74. The van der Waals surface area contributed by atoms with Crippen molar-refractivity contribution in [2.45, 2.75) is 20.1 Å². The second-order valence-corrected chi connectivity index (χ2v) is 6.29. The molecule has 0 atom stereocenters. The van der Waals surface area contributed by atoms with Gasteiger partial charge in [-0.2, -0.15) is 8.78 Å². The second-order valence-electron chi connectivity index (χ2n) is 6.29. The molecule has 27 heavy (non-hydrogen) atoms. The summed E-state index contributed by atoms with van der Waals surface area (Å²) in [5.41, 5.74) is 1.28. The molecule has 2 aromatic rings. The number of amides is 1. The topological polar surface area (TPSA) is 58.8 Å². The molecule has 1 aliphatic rings. The number of piperazine rings is 1. The third-order valence-electron chi connectivity index (χ3n) is 4.28. The lowest BCUT2D eigenvalue weighted by Crippen LogP contribution is -2.47. The number of carbonyl (C=O) groups is 1. The molecule has 1 amide bonds. The van der Waals surface area contributed by atoms with Gasteiger partial charge in [0.2, 0.25) is 5.91 Å². The highest BCUT2D eigenvalue weighted by Crippen LogP contribution is 2.21.